The number of phenolic OH excluding ortho intramolecular Hbond substituents is 2. The molecule has 100 valence electrons. The molecule has 0 saturated carbocycles. The summed E-state index contributed by atoms with van der Waals surface area (Å²) in [5.41, 5.74) is 5.95. The lowest BCUT2D eigenvalue weighted by Gasteiger charge is -2.21. The summed E-state index contributed by atoms with van der Waals surface area (Å²) in [4.78, 5) is 13.4. The summed E-state index contributed by atoms with van der Waals surface area (Å²) in [7, 11) is 3.13. The van der Waals surface area contributed by atoms with E-state index in [4.69, 9.17) is 10.5 Å². The number of amides is 1. The lowest BCUT2D eigenvalue weighted by atomic mass is 10.1. The fraction of sp³-hybridized carbons (Fsp3) is 0.417. The van der Waals surface area contributed by atoms with Crippen molar-refractivity contribution in [3.05, 3.63) is 23.8 Å². The van der Waals surface area contributed by atoms with Gasteiger partial charge in [0, 0.05) is 38.4 Å². The minimum Gasteiger partial charge on any atom is -0.508 e. The molecule has 0 aliphatic rings. The number of methoxy groups -OCH3 is 1. The van der Waals surface area contributed by atoms with Crippen LogP contribution in [-0.2, 0) is 4.74 Å². The Bertz CT molecular complexity index is 402. The highest BCUT2D eigenvalue weighted by Gasteiger charge is 2.16. The quantitative estimate of drug-likeness (QED) is 0.694. The second-order valence-corrected chi connectivity index (χ2v) is 4.14. The van der Waals surface area contributed by atoms with Gasteiger partial charge >= 0.3 is 0 Å². The lowest BCUT2D eigenvalue weighted by Crippen LogP contribution is -2.41. The number of phenols is 2. The molecule has 6 heteroatoms. The molecule has 1 aromatic carbocycles. The van der Waals surface area contributed by atoms with Gasteiger partial charge in [0.1, 0.15) is 11.5 Å². The zero-order chi connectivity index (χ0) is 13.7. The molecule has 4 N–H and O–H groups in total. The van der Waals surface area contributed by atoms with Crippen molar-refractivity contribution in [2.75, 3.05) is 27.3 Å². The van der Waals surface area contributed by atoms with E-state index in [0.29, 0.717) is 13.2 Å². The van der Waals surface area contributed by atoms with Gasteiger partial charge in [-0.2, -0.15) is 0 Å². The van der Waals surface area contributed by atoms with Crippen LogP contribution in [0, 0.1) is 0 Å². The molecule has 0 aliphatic carbocycles. The van der Waals surface area contributed by atoms with Crippen LogP contribution in [0.1, 0.15) is 10.4 Å². The fourth-order valence-electron chi connectivity index (χ4n) is 1.64. The second kappa shape index (κ2) is 6.23. The number of benzene rings is 1. The molecule has 0 radical (unpaired) electrons. The van der Waals surface area contributed by atoms with E-state index >= 15 is 0 Å². The molecule has 1 unspecified atom stereocenters. The monoisotopic (exact) mass is 254 g/mol. The maximum absolute atomic E-state index is 12.0. The van der Waals surface area contributed by atoms with Crippen LogP contribution >= 0.6 is 0 Å². The SMILES string of the molecule is COCC(N)CN(C)C(=O)c1cc(O)cc(O)c1. The number of likely N-dealkylation sites (N-methyl/N-ethyl adjacent to an activating group) is 1. The zero-order valence-corrected chi connectivity index (χ0v) is 10.5. The summed E-state index contributed by atoms with van der Waals surface area (Å²) in [6, 6.07) is 3.46. The first kappa shape index (κ1) is 14.3. The van der Waals surface area contributed by atoms with Gasteiger partial charge in [-0.05, 0) is 12.1 Å². The molecule has 6 nitrogen and oxygen atoms in total. The predicted molar refractivity (Wildman–Crippen MR) is 66.6 cm³/mol. The number of rotatable bonds is 5. The number of nitrogens with two attached hydrogens (primary N) is 1. The number of hydrogen-bond donors (Lipinski definition) is 3. The Morgan fingerprint density at radius 3 is 2.44 bits per heavy atom. The van der Waals surface area contributed by atoms with E-state index in [1.54, 1.807) is 7.05 Å². The molecule has 0 aliphatic heterocycles. The average molecular weight is 254 g/mol. The van der Waals surface area contributed by atoms with Crippen LogP contribution in [0.15, 0.2) is 18.2 Å². The van der Waals surface area contributed by atoms with Crippen LogP contribution in [-0.4, -0.2) is 54.4 Å². The number of nitrogens with zero attached hydrogens (tertiary/aromatic N) is 1. The third kappa shape index (κ3) is 3.90. The van der Waals surface area contributed by atoms with Crippen LogP contribution in [0.5, 0.6) is 11.5 Å². The predicted octanol–water partition coefficient (Wildman–Crippen LogP) is 0.143. The molecule has 18 heavy (non-hydrogen) atoms. The first-order valence-corrected chi connectivity index (χ1v) is 5.47. The van der Waals surface area contributed by atoms with Gasteiger partial charge < -0.3 is 25.6 Å². The van der Waals surface area contributed by atoms with Gasteiger partial charge in [-0.3, -0.25) is 4.79 Å². The Morgan fingerprint density at radius 1 is 1.39 bits per heavy atom. The molecule has 0 fully saturated rings. The molecule has 0 heterocycles. The van der Waals surface area contributed by atoms with Crippen molar-refractivity contribution in [1.82, 2.24) is 4.90 Å². The fourth-order valence-corrected chi connectivity index (χ4v) is 1.64. The van der Waals surface area contributed by atoms with E-state index < -0.39 is 0 Å². The Morgan fingerprint density at radius 2 is 1.94 bits per heavy atom. The Kier molecular flexibility index (Phi) is 4.94. The maximum atomic E-state index is 12.0. The van der Waals surface area contributed by atoms with E-state index in [0.717, 1.165) is 6.07 Å². The molecule has 1 aromatic rings. The van der Waals surface area contributed by atoms with Gasteiger partial charge in [-0.1, -0.05) is 0 Å². The first-order valence-electron chi connectivity index (χ1n) is 5.47. The molecule has 1 rings (SSSR count). The Balaban J connectivity index is 2.74. The molecule has 0 spiro atoms. The molecule has 1 amide bonds. The van der Waals surface area contributed by atoms with Crippen molar-refractivity contribution in [2.45, 2.75) is 6.04 Å². The smallest absolute Gasteiger partial charge is 0.253 e. The molecule has 1 atom stereocenters. The Labute approximate surface area is 106 Å². The van der Waals surface area contributed by atoms with E-state index in [1.807, 2.05) is 0 Å². The first-order chi connectivity index (χ1) is 8.43. The van der Waals surface area contributed by atoms with Gasteiger partial charge in [0.05, 0.1) is 6.61 Å². The van der Waals surface area contributed by atoms with Crippen molar-refractivity contribution in [2.24, 2.45) is 5.73 Å². The molecule has 0 bridgehead atoms. The second-order valence-electron chi connectivity index (χ2n) is 4.14. The standard InChI is InChI=1S/C12H18N2O4/c1-14(6-9(13)7-18-2)12(17)8-3-10(15)5-11(16)4-8/h3-5,9,15-16H,6-7,13H2,1-2H3. The van der Waals surface area contributed by atoms with Gasteiger partial charge in [-0.15, -0.1) is 0 Å². The van der Waals surface area contributed by atoms with E-state index in [2.05, 4.69) is 0 Å². The van der Waals surface area contributed by atoms with Crippen LogP contribution in [0.2, 0.25) is 0 Å². The van der Waals surface area contributed by atoms with Crippen LogP contribution < -0.4 is 5.73 Å². The van der Waals surface area contributed by atoms with Crippen molar-refractivity contribution in [3.8, 4) is 11.5 Å². The third-order valence-electron chi connectivity index (χ3n) is 2.39. The number of aromatic hydroxyl groups is 2. The normalized spacial score (nSPS) is 12.2. The summed E-state index contributed by atoms with van der Waals surface area (Å²) in [6.07, 6.45) is 0. The summed E-state index contributed by atoms with van der Waals surface area (Å²) in [6.45, 7) is 0.673. The Hall–Kier alpha value is -1.79. The summed E-state index contributed by atoms with van der Waals surface area (Å²) >= 11 is 0. The van der Waals surface area contributed by atoms with Crippen molar-refractivity contribution in [1.29, 1.82) is 0 Å². The van der Waals surface area contributed by atoms with Gasteiger partial charge in [0.25, 0.3) is 5.91 Å². The van der Waals surface area contributed by atoms with Crippen LogP contribution in [0.3, 0.4) is 0 Å². The van der Waals surface area contributed by atoms with Gasteiger partial charge in [0.15, 0.2) is 0 Å². The summed E-state index contributed by atoms with van der Waals surface area (Å²) in [5, 5.41) is 18.6. The van der Waals surface area contributed by atoms with Crippen LogP contribution in [0.4, 0.5) is 0 Å². The number of carbonyl (C=O) groups is 1. The number of carbonyl (C=O) groups excluding carboxylic acids is 1. The molecular weight excluding hydrogens is 236 g/mol. The topological polar surface area (TPSA) is 96.0 Å². The number of ether oxygens (including phenoxy) is 1. The van der Waals surface area contributed by atoms with E-state index in [-0.39, 0.29) is 29.0 Å². The van der Waals surface area contributed by atoms with Gasteiger partial charge in [-0.25, -0.2) is 0 Å². The lowest BCUT2D eigenvalue weighted by molar-refractivity contribution is 0.0764. The van der Waals surface area contributed by atoms with Gasteiger partial charge in [0.2, 0.25) is 0 Å². The minimum atomic E-state index is -0.326. The summed E-state index contributed by atoms with van der Waals surface area (Å²) < 4.78 is 4.89. The highest BCUT2D eigenvalue weighted by atomic mass is 16.5. The summed E-state index contributed by atoms with van der Waals surface area (Å²) in [5.74, 6) is -0.645. The van der Waals surface area contributed by atoms with Crippen molar-refractivity contribution >= 4 is 5.91 Å². The maximum Gasteiger partial charge on any atom is 0.253 e. The highest BCUT2D eigenvalue weighted by Crippen LogP contribution is 2.21. The van der Waals surface area contributed by atoms with Crippen molar-refractivity contribution in [3.63, 3.8) is 0 Å². The zero-order valence-electron chi connectivity index (χ0n) is 10.5. The molecule has 0 saturated heterocycles. The highest BCUT2D eigenvalue weighted by molar-refractivity contribution is 5.94. The van der Waals surface area contributed by atoms with Crippen LogP contribution in [0.25, 0.3) is 0 Å². The number of hydrogen-bond acceptors (Lipinski definition) is 5. The van der Waals surface area contributed by atoms with E-state index in [1.165, 1.54) is 24.1 Å². The molecule has 0 aromatic heterocycles. The van der Waals surface area contributed by atoms with Crippen molar-refractivity contribution < 1.29 is 19.7 Å². The van der Waals surface area contributed by atoms with E-state index in [9.17, 15) is 15.0 Å². The molecular formula is C12H18N2O4. The largest absolute Gasteiger partial charge is 0.508 e. The minimum absolute atomic E-state index is 0.159. The average Bonchev–Trinajstić information content (AvgIpc) is 2.26. The third-order valence-corrected chi connectivity index (χ3v) is 2.39.